The number of aliphatic hydroxyl groups excluding tert-OH is 1. The summed E-state index contributed by atoms with van der Waals surface area (Å²) in [5, 5.41) is 16.2. The average molecular weight is 471 g/mol. The van der Waals surface area contributed by atoms with E-state index in [9.17, 15) is 9.90 Å². The Hall–Kier alpha value is -4.31. The van der Waals surface area contributed by atoms with E-state index in [1.165, 1.54) is 0 Å². The van der Waals surface area contributed by atoms with Crippen LogP contribution in [-0.4, -0.2) is 54.7 Å². The molecule has 5 rings (SSSR count). The lowest BCUT2D eigenvalue weighted by atomic mass is 10.1. The number of hydrogen-bond acceptors (Lipinski definition) is 8. The second-order valence-corrected chi connectivity index (χ2v) is 8.60. The standard InChI is InChI=1S/C25H26N8O2/c1-16-4-3-5-19(12-16)27-22(35)18-7-6-17(2)21(13-18)28-23-29-24(32-10-8-20(34)14-32)31-25(30-23)33-11-9-26-15-33/h3-7,9,11-13,15,20,34H,8,10,14H2,1-2H3,(H,27,35)(H,28,29,30,31)/t20-/m0/s1. The average Bonchev–Trinajstić information content (AvgIpc) is 3.52. The molecule has 1 saturated heterocycles. The van der Waals surface area contributed by atoms with Crippen LogP contribution in [0, 0.1) is 13.8 Å². The van der Waals surface area contributed by atoms with Crippen LogP contribution in [0.4, 0.5) is 23.3 Å². The van der Waals surface area contributed by atoms with Crippen molar-refractivity contribution in [3.63, 3.8) is 0 Å². The van der Waals surface area contributed by atoms with E-state index < -0.39 is 6.10 Å². The van der Waals surface area contributed by atoms with Gasteiger partial charge in [-0.25, -0.2) is 4.98 Å². The fraction of sp³-hybridized carbons (Fsp3) is 0.240. The van der Waals surface area contributed by atoms with E-state index in [0.717, 1.165) is 16.8 Å². The van der Waals surface area contributed by atoms with Crippen molar-refractivity contribution in [3.05, 3.63) is 77.9 Å². The lowest BCUT2D eigenvalue weighted by Crippen LogP contribution is -2.24. The first-order chi connectivity index (χ1) is 16.9. The van der Waals surface area contributed by atoms with Crippen molar-refractivity contribution in [1.82, 2.24) is 24.5 Å². The van der Waals surface area contributed by atoms with Crippen LogP contribution in [0.2, 0.25) is 0 Å². The van der Waals surface area contributed by atoms with Crippen molar-refractivity contribution in [1.29, 1.82) is 0 Å². The Morgan fingerprint density at radius 2 is 1.94 bits per heavy atom. The minimum absolute atomic E-state index is 0.208. The molecule has 1 aliphatic rings. The monoisotopic (exact) mass is 470 g/mol. The Bertz CT molecular complexity index is 1360. The van der Waals surface area contributed by atoms with E-state index in [1.807, 2.05) is 49.1 Å². The molecule has 2 aromatic heterocycles. The normalized spacial score (nSPS) is 15.3. The molecule has 35 heavy (non-hydrogen) atoms. The molecule has 178 valence electrons. The maximum atomic E-state index is 12.9. The zero-order chi connectivity index (χ0) is 24.4. The molecule has 10 heteroatoms. The number of aromatic nitrogens is 5. The van der Waals surface area contributed by atoms with Crippen LogP contribution in [0.5, 0.6) is 0 Å². The molecule has 1 atom stereocenters. The van der Waals surface area contributed by atoms with E-state index in [-0.39, 0.29) is 5.91 Å². The lowest BCUT2D eigenvalue weighted by molar-refractivity contribution is 0.102. The van der Waals surface area contributed by atoms with Gasteiger partial charge in [-0.1, -0.05) is 18.2 Å². The Morgan fingerprint density at radius 1 is 1.09 bits per heavy atom. The number of nitrogens with zero attached hydrogens (tertiary/aromatic N) is 6. The number of imidazole rings is 1. The molecule has 0 unspecified atom stereocenters. The van der Waals surface area contributed by atoms with Gasteiger partial charge in [-0.15, -0.1) is 0 Å². The number of benzene rings is 2. The molecule has 1 amide bonds. The van der Waals surface area contributed by atoms with Gasteiger partial charge >= 0.3 is 0 Å². The van der Waals surface area contributed by atoms with Crippen LogP contribution in [0.1, 0.15) is 27.9 Å². The van der Waals surface area contributed by atoms with E-state index in [0.29, 0.717) is 48.6 Å². The molecule has 0 spiro atoms. The number of β-amino-alcohol motifs (C(OH)–C–C–N with tert-alkyl or cyclic N) is 1. The second kappa shape index (κ2) is 9.51. The summed E-state index contributed by atoms with van der Waals surface area (Å²) in [6.07, 6.45) is 5.26. The molecule has 0 saturated carbocycles. The third-order valence-electron chi connectivity index (χ3n) is 5.82. The highest BCUT2D eigenvalue weighted by Crippen LogP contribution is 2.24. The van der Waals surface area contributed by atoms with E-state index >= 15 is 0 Å². The van der Waals surface area contributed by atoms with Crippen LogP contribution in [0.15, 0.2) is 61.2 Å². The third-order valence-corrected chi connectivity index (χ3v) is 5.82. The van der Waals surface area contributed by atoms with Crippen molar-refractivity contribution >= 4 is 29.2 Å². The molecule has 1 fully saturated rings. The largest absolute Gasteiger partial charge is 0.391 e. The van der Waals surface area contributed by atoms with Gasteiger partial charge in [0.15, 0.2) is 0 Å². The highest BCUT2D eigenvalue weighted by Gasteiger charge is 2.24. The SMILES string of the molecule is Cc1cccc(NC(=O)c2ccc(C)c(Nc3nc(N4CC[C@H](O)C4)nc(-n4ccnc4)n3)c2)c1. The van der Waals surface area contributed by atoms with Crippen molar-refractivity contribution in [3.8, 4) is 5.95 Å². The Kier molecular flexibility index (Phi) is 6.11. The predicted octanol–water partition coefficient (Wildman–Crippen LogP) is 3.24. The van der Waals surface area contributed by atoms with Crippen molar-refractivity contribution in [2.75, 3.05) is 28.6 Å². The summed E-state index contributed by atoms with van der Waals surface area (Å²) in [7, 11) is 0. The summed E-state index contributed by atoms with van der Waals surface area (Å²) >= 11 is 0. The predicted molar refractivity (Wildman–Crippen MR) is 133 cm³/mol. The molecule has 0 aliphatic carbocycles. The summed E-state index contributed by atoms with van der Waals surface area (Å²) in [6.45, 7) is 5.04. The van der Waals surface area contributed by atoms with Gasteiger partial charge in [0.05, 0.1) is 6.10 Å². The van der Waals surface area contributed by atoms with E-state index in [1.54, 1.807) is 35.4 Å². The fourth-order valence-corrected chi connectivity index (χ4v) is 3.91. The van der Waals surface area contributed by atoms with Gasteiger partial charge < -0.3 is 20.6 Å². The smallest absolute Gasteiger partial charge is 0.255 e. The second-order valence-electron chi connectivity index (χ2n) is 8.60. The van der Waals surface area contributed by atoms with Gasteiger partial charge in [-0.3, -0.25) is 9.36 Å². The van der Waals surface area contributed by atoms with Gasteiger partial charge in [0, 0.05) is 42.4 Å². The number of anilines is 4. The van der Waals surface area contributed by atoms with Gasteiger partial charge in [0.2, 0.25) is 17.8 Å². The number of rotatable bonds is 6. The van der Waals surface area contributed by atoms with Crippen molar-refractivity contribution < 1.29 is 9.90 Å². The molecule has 1 aliphatic heterocycles. The molecule has 3 heterocycles. The summed E-state index contributed by atoms with van der Waals surface area (Å²) in [4.78, 5) is 32.6. The van der Waals surface area contributed by atoms with Crippen LogP contribution in [0.3, 0.4) is 0 Å². The fourth-order valence-electron chi connectivity index (χ4n) is 3.91. The topological polar surface area (TPSA) is 121 Å². The molecule has 0 bridgehead atoms. The minimum atomic E-state index is -0.411. The summed E-state index contributed by atoms with van der Waals surface area (Å²) in [6, 6.07) is 13.1. The lowest BCUT2D eigenvalue weighted by Gasteiger charge is -2.18. The summed E-state index contributed by atoms with van der Waals surface area (Å²) < 4.78 is 1.70. The first-order valence-corrected chi connectivity index (χ1v) is 11.4. The third kappa shape index (κ3) is 5.12. The molecular formula is C25H26N8O2. The summed E-state index contributed by atoms with van der Waals surface area (Å²) in [5.74, 6) is 0.996. The molecule has 2 aromatic carbocycles. The molecule has 4 aromatic rings. The maximum absolute atomic E-state index is 12.9. The van der Waals surface area contributed by atoms with Gasteiger partial charge in [-0.2, -0.15) is 15.0 Å². The molecular weight excluding hydrogens is 444 g/mol. The minimum Gasteiger partial charge on any atom is -0.391 e. The van der Waals surface area contributed by atoms with Gasteiger partial charge in [0.1, 0.15) is 6.33 Å². The van der Waals surface area contributed by atoms with Gasteiger partial charge in [0.25, 0.3) is 5.91 Å². The number of carbonyl (C=O) groups is 1. The number of hydrogen-bond donors (Lipinski definition) is 3. The first kappa shape index (κ1) is 22.5. The zero-order valence-corrected chi connectivity index (χ0v) is 19.5. The summed E-state index contributed by atoms with van der Waals surface area (Å²) in [5.41, 5.74) is 3.95. The van der Waals surface area contributed by atoms with Crippen LogP contribution >= 0.6 is 0 Å². The molecule has 0 radical (unpaired) electrons. The highest BCUT2D eigenvalue weighted by molar-refractivity contribution is 6.05. The van der Waals surface area contributed by atoms with E-state index in [2.05, 4.69) is 30.6 Å². The Balaban J connectivity index is 1.44. The zero-order valence-electron chi connectivity index (χ0n) is 19.5. The number of carbonyl (C=O) groups excluding carboxylic acids is 1. The van der Waals surface area contributed by atoms with Gasteiger partial charge in [-0.05, 0) is 55.7 Å². The Labute approximate surface area is 202 Å². The molecule has 10 nitrogen and oxygen atoms in total. The van der Waals surface area contributed by atoms with Crippen LogP contribution in [0.25, 0.3) is 5.95 Å². The van der Waals surface area contributed by atoms with Crippen LogP contribution < -0.4 is 15.5 Å². The first-order valence-electron chi connectivity index (χ1n) is 11.4. The number of aliphatic hydroxyl groups is 1. The number of nitrogens with one attached hydrogen (secondary N) is 2. The van der Waals surface area contributed by atoms with Crippen molar-refractivity contribution in [2.24, 2.45) is 0 Å². The number of aryl methyl sites for hydroxylation is 2. The highest BCUT2D eigenvalue weighted by atomic mass is 16.3. The van der Waals surface area contributed by atoms with Crippen molar-refractivity contribution in [2.45, 2.75) is 26.4 Å². The maximum Gasteiger partial charge on any atom is 0.255 e. The quantitative estimate of drug-likeness (QED) is 0.393. The number of amides is 1. The Morgan fingerprint density at radius 3 is 2.69 bits per heavy atom. The van der Waals surface area contributed by atoms with Crippen LogP contribution in [-0.2, 0) is 0 Å². The van der Waals surface area contributed by atoms with E-state index in [4.69, 9.17) is 0 Å². The molecule has 3 N–H and O–H groups in total.